The Balaban J connectivity index is 2.41. The summed E-state index contributed by atoms with van der Waals surface area (Å²) in [6.45, 7) is 0. The zero-order valence-electron chi connectivity index (χ0n) is 8.32. The molecule has 84 valence electrons. The zero-order chi connectivity index (χ0) is 11.7. The van der Waals surface area contributed by atoms with Crippen LogP contribution in [0, 0.1) is 0 Å². The van der Waals surface area contributed by atoms with E-state index in [2.05, 4.69) is 4.74 Å². The Morgan fingerprint density at radius 1 is 1.56 bits per heavy atom. The molecule has 2 heterocycles. The van der Waals surface area contributed by atoms with E-state index in [9.17, 15) is 4.79 Å². The first-order valence-corrected chi connectivity index (χ1v) is 5.54. The lowest BCUT2D eigenvalue weighted by atomic mass is 10.3. The van der Waals surface area contributed by atoms with Crippen molar-refractivity contribution >= 4 is 34.6 Å². The van der Waals surface area contributed by atoms with E-state index in [-0.39, 0.29) is 0 Å². The molecule has 0 amide bonds. The van der Waals surface area contributed by atoms with Crippen molar-refractivity contribution in [1.82, 2.24) is 0 Å². The topological polar surface area (TPSA) is 65.5 Å². The molecule has 0 saturated carbocycles. The van der Waals surface area contributed by atoms with Gasteiger partial charge in [-0.25, -0.2) is 4.79 Å². The number of nitrogen functional groups attached to an aromatic ring is 1. The quantitative estimate of drug-likeness (QED) is 0.840. The van der Waals surface area contributed by atoms with Crippen LogP contribution in [0.1, 0.15) is 9.67 Å². The number of hydrogen-bond donors (Lipinski definition) is 1. The largest absolute Gasteiger partial charge is 0.465 e. The summed E-state index contributed by atoms with van der Waals surface area (Å²) in [6.07, 6.45) is 0. The van der Waals surface area contributed by atoms with Crippen molar-refractivity contribution in [2.45, 2.75) is 0 Å². The number of nitrogens with two attached hydrogens (primary N) is 1. The van der Waals surface area contributed by atoms with Crippen LogP contribution < -0.4 is 5.73 Å². The average molecular weight is 258 g/mol. The predicted octanol–water partition coefficient (Wildman–Crippen LogP) is 3.03. The molecule has 6 heteroatoms. The Kier molecular flexibility index (Phi) is 2.89. The number of ether oxygens (including phenoxy) is 1. The summed E-state index contributed by atoms with van der Waals surface area (Å²) in [7, 11) is 1.31. The van der Waals surface area contributed by atoms with Gasteiger partial charge in [0.25, 0.3) is 0 Å². The van der Waals surface area contributed by atoms with E-state index >= 15 is 0 Å². The van der Waals surface area contributed by atoms with Gasteiger partial charge in [-0.3, -0.25) is 0 Å². The molecule has 4 nitrogen and oxygen atoms in total. The first kappa shape index (κ1) is 11.0. The van der Waals surface area contributed by atoms with Crippen LogP contribution in [0.15, 0.2) is 22.6 Å². The average Bonchev–Trinajstić information content (AvgIpc) is 2.83. The SMILES string of the molecule is COC(=O)c1sc(-c2ccc(Cl)o2)cc1N. The Labute approximate surface area is 101 Å². The molecule has 0 radical (unpaired) electrons. The van der Waals surface area contributed by atoms with Gasteiger partial charge < -0.3 is 14.9 Å². The third-order valence-corrected chi connectivity index (χ3v) is 3.30. The number of furan rings is 1. The Bertz CT molecular complexity index is 532. The van der Waals surface area contributed by atoms with Crippen LogP contribution in [0.4, 0.5) is 5.69 Å². The molecule has 0 atom stereocenters. The number of methoxy groups -OCH3 is 1. The Morgan fingerprint density at radius 3 is 2.88 bits per heavy atom. The van der Waals surface area contributed by atoms with Crippen molar-refractivity contribution in [1.29, 1.82) is 0 Å². The number of esters is 1. The van der Waals surface area contributed by atoms with Gasteiger partial charge in [-0.15, -0.1) is 11.3 Å². The number of carbonyl (C=O) groups excluding carboxylic acids is 1. The lowest BCUT2D eigenvalue weighted by molar-refractivity contribution is 0.0607. The fraction of sp³-hybridized carbons (Fsp3) is 0.100. The minimum Gasteiger partial charge on any atom is -0.465 e. The van der Waals surface area contributed by atoms with Crippen molar-refractivity contribution in [2.75, 3.05) is 12.8 Å². The smallest absolute Gasteiger partial charge is 0.350 e. The van der Waals surface area contributed by atoms with Crippen molar-refractivity contribution in [3.05, 3.63) is 28.3 Å². The maximum absolute atomic E-state index is 11.3. The zero-order valence-corrected chi connectivity index (χ0v) is 9.89. The van der Waals surface area contributed by atoms with Gasteiger partial charge in [-0.2, -0.15) is 0 Å². The lowest BCUT2D eigenvalue weighted by Crippen LogP contribution is -2.00. The van der Waals surface area contributed by atoms with Crippen LogP contribution in [0.2, 0.25) is 5.22 Å². The highest BCUT2D eigenvalue weighted by Gasteiger charge is 2.17. The van der Waals surface area contributed by atoms with Gasteiger partial charge >= 0.3 is 5.97 Å². The molecule has 0 aliphatic heterocycles. The van der Waals surface area contributed by atoms with E-state index < -0.39 is 5.97 Å². The normalized spacial score (nSPS) is 10.4. The van der Waals surface area contributed by atoms with Crippen molar-refractivity contribution in [2.24, 2.45) is 0 Å². The van der Waals surface area contributed by atoms with Gasteiger partial charge in [0.2, 0.25) is 0 Å². The lowest BCUT2D eigenvalue weighted by Gasteiger charge is -1.94. The molecule has 0 aliphatic carbocycles. The molecule has 0 spiro atoms. The van der Waals surface area contributed by atoms with E-state index in [1.54, 1.807) is 18.2 Å². The van der Waals surface area contributed by atoms with Crippen molar-refractivity contribution in [3.63, 3.8) is 0 Å². The molecule has 0 unspecified atom stereocenters. The third-order valence-electron chi connectivity index (χ3n) is 1.95. The summed E-state index contributed by atoms with van der Waals surface area (Å²) in [5.41, 5.74) is 6.07. The molecule has 0 saturated heterocycles. The number of hydrogen-bond acceptors (Lipinski definition) is 5. The van der Waals surface area contributed by atoms with Gasteiger partial charge in [-0.05, 0) is 29.8 Å². The maximum atomic E-state index is 11.3. The summed E-state index contributed by atoms with van der Waals surface area (Å²) in [5, 5.41) is 0.293. The number of anilines is 1. The molecule has 2 rings (SSSR count). The van der Waals surface area contributed by atoms with Crippen LogP contribution in [-0.4, -0.2) is 13.1 Å². The molecule has 0 aromatic carbocycles. The van der Waals surface area contributed by atoms with Gasteiger partial charge in [-0.1, -0.05) is 0 Å². The minimum atomic E-state index is -0.452. The van der Waals surface area contributed by atoms with Gasteiger partial charge in [0.15, 0.2) is 5.22 Å². The fourth-order valence-corrected chi connectivity index (χ4v) is 2.33. The number of rotatable bonds is 2. The molecular formula is C10H8ClNO3S. The first-order chi connectivity index (χ1) is 7.61. The van der Waals surface area contributed by atoms with E-state index in [1.165, 1.54) is 18.4 Å². The predicted molar refractivity (Wildman–Crippen MR) is 62.8 cm³/mol. The van der Waals surface area contributed by atoms with Crippen molar-refractivity contribution in [3.8, 4) is 10.6 Å². The monoisotopic (exact) mass is 257 g/mol. The fourth-order valence-electron chi connectivity index (χ4n) is 1.23. The second kappa shape index (κ2) is 4.19. The summed E-state index contributed by atoms with van der Waals surface area (Å²) in [4.78, 5) is 12.4. The third kappa shape index (κ3) is 1.91. The number of thiophene rings is 1. The standard InChI is InChI=1S/C10H8ClNO3S/c1-14-10(13)9-5(12)4-7(16-9)6-2-3-8(11)15-6/h2-4H,12H2,1H3. The van der Waals surface area contributed by atoms with Crippen LogP contribution >= 0.6 is 22.9 Å². The maximum Gasteiger partial charge on any atom is 0.350 e. The van der Waals surface area contributed by atoms with Gasteiger partial charge in [0, 0.05) is 0 Å². The highest BCUT2D eigenvalue weighted by Crippen LogP contribution is 2.35. The van der Waals surface area contributed by atoms with Crippen LogP contribution in [0.25, 0.3) is 10.6 Å². The van der Waals surface area contributed by atoms with E-state index in [0.717, 1.165) is 4.88 Å². The minimum absolute atomic E-state index is 0.293. The van der Waals surface area contributed by atoms with Crippen molar-refractivity contribution < 1.29 is 13.9 Å². The van der Waals surface area contributed by atoms with E-state index in [0.29, 0.717) is 21.5 Å². The van der Waals surface area contributed by atoms with E-state index in [4.69, 9.17) is 21.8 Å². The summed E-state index contributed by atoms with van der Waals surface area (Å²) in [5.74, 6) is 0.128. The number of halogens is 1. The first-order valence-electron chi connectivity index (χ1n) is 4.35. The second-order valence-corrected chi connectivity index (χ2v) is 4.42. The Morgan fingerprint density at radius 2 is 2.31 bits per heavy atom. The highest BCUT2D eigenvalue weighted by atomic mass is 35.5. The number of carbonyl (C=O) groups is 1. The van der Waals surface area contributed by atoms with E-state index in [1.807, 2.05) is 0 Å². The molecule has 0 aliphatic rings. The summed E-state index contributed by atoms with van der Waals surface area (Å²) >= 11 is 6.87. The molecular weight excluding hydrogens is 250 g/mol. The van der Waals surface area contributed by atoms with Gasteiger partial charge in [0.05, 0.1) is 17.7 Å². The molecule has 2 aromatic heterocycles. The molecule has 2 N–H and O–H groups in total. The molecule has 0 fully saturated rings. The Hall–Kier alpha value is -1.46. The molecule has 0 bridgehead atoms. The van der Waals surface area contributed by atoms with Crippen LogP contribution in [-0.2, 0) is 4.74 Å². The summed E-state index contributed by atoms with van der Waals surface area (Å²) < 4.78 is 9.83. The van der Waals surface area contributed by atoms with Gasteiger partial charge in [0.1, 0.15) is 10.6 Å². The second-order valence-electron chi connectivity index (χ2n) is 2.99. The molecule has 16 heavy (non-hydrogen) atoms. The van der Waals surface area contributed by atoms with Crippen LogP contribution in [0.5, 0.6) is 0 Å². The van der Waals surface area contributed by atoms with Crippen LogP contribution in [0.3, 0.4) is 0 Å². The highest BCUT2D eigenvalue weighted by molar-refractivity contribution is 7.17. The summed E-state index contributed by atoms with van der Waals surface area (Å²) in [6, 6.07) is 5.01. The molecule has 2 aromatic rings.